The molecule has 0 aliphatic heterocycles. The van der Waals surface area contributed by atoms with Gasteiger partial charge in [0.2, 0.25) is 0 Å². The zero-order chi connectivity index (χ0) is 17.0. The molecule has 0 amide bonds. The molecule has 0 bridgehead atoms. The summed E-state index contributed by atoms with van der Waals surface area (Å²) in [5, 5.41) is 6.13. The Balaban J connectivity index is 2.01. The highest BCUT2D eigenvalue weighted by Crippen LogP contribution is 2.21. The first-order chi connectivity index (χ1) is 10.9. The van der Waals surface area contributed by atoms with Crippen LogP contribution >= 0.6 is 0 Å². The van der Waals surface area contributed by atoms with Gasteiger partial charge in [-0.3, -0.25) is 14.5 Å². The predicted molar refractivity (Wildman–Crippen MR) is 92.0 cm³/mol. The van der Waals surface area contributed by atoms with Crippen LogP contribution in [0, 0.1) is 0 Å². The second kappa shape index (κ2) is 7.43. The Morgan fingerprint density at radius 2 is 1.74 bits per heavy atom. The number of nitrogens with zero attached hydrogens (tertiary/aromatic N) is 2. The molecule has 1 unspecified atom stereocenters. The summed E-state index contributed by atoms with van der Waals surface area (Å²) >= 11 is 0. The van der Waals surface area contributed by atoms with Gasteiger partial charge in [0.05, 0.1) is 12.3 Å². The molecule has 0 radical (unpaired) electrons. The summed E-state index contributed by atoms with van der Waals surface area (Å²) in [5.74, 6) is 0.809. The second-order valence-electron chi connectivity index (χ2n) is 6.01. The first-order valence-electron chi connectivity index (χ1n) is 7.57. The molecule has 126 valence electrons. The van der Waals surface area contributed by atoms with Gasteiger partial charge in [-0.1, -0.05) is 0 Å². The first kappa shape index (κ1) is 17.2. The number of hydrogen-bond donors (Lipinski definition) is 2. The van der Waals surface area contributed by atoms with E-state index in [-0.39, 0.29) is 6.04 Å². The van der Waals surface area contributed by atoms with E-state index >= 15 is 0 Å². The van der Waals surface area contributed by atoms with Crippen molar-refractivity contribution < 1.29 is 4.42 Å². The Morgan fingerprint density at radius 1 is 1.09 bits per heavy atom. The standard InChI is InChI=1S/C16H24N4O3/c1-19(2)8-7-17-13-14(16(22)15(13)21)18-10-11(20(3)4)12-6-5-9-23-12/h5-6,9,11,17-18H,7-8,10H2,1-4H3. The van der Waals surface area contributed by atoms with Crippen LogP contribution in [0.3, 0.4) is 0 Å². The molecule has 1 heterocycles. The molecule has 1 aromatic carbocycles. The van der Waals surface area contributed by atoms with Crippen molar-refractivity contribution in [3.63, 3.8) is 0 Å². The number of anilines is 2. The van der Waals surface area contributed by atoms with Crippen LogP contribution in [0.15, 0.2) is 32.4 Å². The van der Waals surface area contributed by atoms with Gasteiger partial charge in [0, 0.05) is 19.6 Å². The van der Waals surface area contributed by atoms with Gasteiger partial charge >= 0.3 is 0 Å². The van der Waals surface area contributed by atoms with E-state index < -0.39 is 10.9 Å². The first-order valence-corrected chi connectivity index (χ1v) is 7.57. The quantitative estimate of drug-likeness (QED) is 0.654. The summed E-state index contributed by atoms with van der Waals surface area (Å²) < 4.78 is 5.44. The number of hydrogen-bond acceptors (Lipinski definition) is 7. The zero-order valence-electron chi connectivity index (χ0n) is 14.0. The number of rotatable bonds is 9. The van der Waals surface area contributed by atoms with E-state index in [0.29, 0.717) is 24.5 Å². The molecule has 23 heavy (non-hydrogen) atoms. The summed E-state index contributed by atoms with van der Waals surface area (Å²) in [4.78, 5) is 27.5. The molecule has 2 rings (SSSR count). The SMILES string of the molecule is CN(C)CCNc1c(NCC(c2ccco2)N(C)C)c(=O)c1=O. The Hall–Kier alpha value is -2.12. The smallest absolute Gasteiger partial charge is 0.253 e. The average molecular weight is 320 g/mol. The second-order valence-corrected chi connectivity index (χ2v) is 6.01. The van der Waals surface area contributed by atoms with Crippen LogP contribution in [-0.4, -0.2) is 57.6 Å². The molecular formula is C16H24N4O3. The molecule has 7 heteroatoms. The van der Waals surface area contributed by atoms with E-state index in [2.05, 4.69) is 10.6 Å². The molecule has 7 nitrogen and oxygen atoms in total. The summed E-state index contributed by atoms with van der Waals surface area (Å²) in [6, 6.07) is 3.70. The highest BCUT2D eigenvalue weighted by atomic mass is 16.3. The van der Waals surface area contributed by atoms with Gasteiger partial charge in [0.25, 0.3) is 10.9 Å². The highest BCUT2D eigenvalue weighted by Gasteiger charge is 2.23. The lowest BCUT2D eigenvalue weighted by Gasteiger charge is -2.24. The molecular weight excluding hydrogens is 296 g/mol. The van der Waals surface area contributed by atoms with Crippen LogP contribution in [0.25, 0.3) is 0 Å². The van der Waals surface area contributed by atoms with Crippen molar-refractivity contribution in [3.05, 3.63) is 44.6 Å². The molecule has 2 aromatic rings. The van der Waals surface area contributed by atoms with Crippen LogP contribution in [0.5, 0.6) is 0 Å². The lowest BCUT2D eigenvalue weighted by atomic mass is 10.1. The van der Waals surface area contributed by atoms with Crippen molar-refractivity contribution in [2.75, 3.05) is 58.5 Å². The number of furan rings is 1. The van der Waals surface area contributed by atoms with Crippen LogP contribution in [-0.2, 0) is 0 Å². The van der Waals surface area contributed by atoms with Gasteiger partial charge in [-0.25, -0.2) is 0 Å². The number of nitrogens with one attached hydrogen (secondary N) is 2. The summed E-state index contributed by atoms with van der Waals surface area (Å²) in [6.45, 7) is 1.88. The largest absolute Gasteiger partial charge is 0.468 e. The molecule has 0 aliphatic carbocycles. The summed E-state index contributed by atoms with van der Waals surface area (Å²) in [5.41, 5.74) is -0.166. The molecule has 0 fully saturated rings. The minimum atomic E-state index is -0.464. The molecule has 0 aliphatic rings. The molecule has 1 atom stereocenters. The maximum Gasteiger partial charge on any atom is 0.253 e. The third-order valence-corrected chi connectivity index (χ3v) is 3.74. The molecule has 2 N–H and O–H groups in total. The van der Waals surface area contributed by atoms with Crippen molar-refractivity contribution in [2.24, 2.45) is 0 Å². The maximum atomic E-state index is 11.8. The zero-order valence-corrected chi connectivity index (χ0v) is 14.0. The van der Waals surface area contributed by atoms with E-state index in [0.717, 1.165) is 12.3 Å². The highest BCUT2D eigenvalue weighted by molar-refractivity contribution is 5.74. The van der Waals surface area contributed by atoms with E-state index in [4.69, 9.17) is 4.42 Å². The van der Waals surface area contributed by atoms with Crippen molar-refractivity contribution in [3.8, 4) is 0 Å². The van der Waals surface area contributed by atoms with Crippen molar-refractivity contribution in [1.82, 2.24) is 9.80 Å². The molecule has 1 aromatic heterocycles. The van der Waals surface area contributed by atoms with E-state index in [1.807, 2.05) is 50.1 Å². The Bertz CT molecular complexity index is 685. The Labute approximate surface area is 135 Å². The third kappa shape index (κ3) is 4.00. The Morgan fingerprint density at radius 3 is 2.26 bits per heavy atom. The number of likely N-dealkylation sites (N-methyl/N-ethyl adjacent to an activating group) is 2. The minimum absolute atomic E-state index is 0.0240. The summed E-state index contributed by atoms with van der Waals surface area (Å²) in [6.07, 6.45) is 1.62. The lowest BCUT2D eigenvalue weighted by Crippen LogP contribution is -2.40. The van der Waals surface area contributed by atoms with Crippen LogP contribution in [0.2, 0.25) is 0 Å². The fourth-order valence-corrected chi connectivity index (χ4v) is 2.35. The lowest BCUT2D eigenvalue weighted by molar-refractivity contribution is 0.269. The monoisotopic (exact) mass is 320 g/mol. The fraction of sp³-hybridized carbons (Fsp3) is 0.500. The van der Waals surface area contributed by atoms with Crippen molar-refractivity contribution >= 4 is 11.4 Å². The van der Waals surface area contributed by atoms with Crippen LogP contribution in [0.4, 0.5) is 11.4 Å². The van der Waals surface area contributed by atoms with Crippen molar-refractivity contribution in [1.29, 1.82) is 0 Å². The maximum absolute atomic E-state index is 11.8. The van der Waals surface area contributed by atoms with Gasteiger partial charge in [-0.2, -0.15) is 0 Å². The van der Waals surface area contributed by atoms with Crippen molar-refractivity contribution in [2.45, 2.75) is 6.04 Å². The Kier molecular flexibility index (Phi) is 5.57. The van der Waals surface area contributed by atoms with Gasteiger partial charge in [-0.15, -0.1) is 0 Å². The normalized spacial score (nSPS) is 13.0. The third-order valence-electron chi connectivity index (χ3n) is 3.74. The van der Waals surface area contributed by atoms with Gasteiger partial charge in [-0.05, 0) is 40.3 Å². The van der Waals surface area contributed by atoms with Gasteiger partial charge < -0.3 is 20.0 Å². The van der Waals surface area contributed by atoms with Gasteiger partial charge in [0.1, 0.15) is 17.1 Å². The molecule has 0 saturated carbocycles. The van der Waals surface area contributed by atoms with E-state index in [1.54, 1.807) is 6.26 Å². The summed E-state index contributed by atoms with van der Waals surface area (Å²) in [7, 11) is 7.78. The topological polar surface area (TPSA) is 77.8 Å². The fourth-order valence-electron chi connectivity index (χ4n) is 2.35. The predicted octanol–water partition coefficient (Wildman–Crippen LogP) is 0.564. The minimum Gasteiger partial charge on any atom is -0.468 e. The van der Waals surface area contributed by atoms with Crippen LogP contribution < -0.4 is 21.5 Å². The van der Waals surface area contributed by atoms with Gasteiger partial charge in [0.15, 0.2) is 0 Å². The average Bonchev–Trinajstić information content (AvgIpc) is 3.01. The molecule has 0 spiro atoms. The van der Waals surface area contributed by atoms with E-state index in [9.17, 15) is 9.59 Å². The van der Waals surface area contributed by atoms with E-state index in [1.165, 1.54) is 0 Å². The van der Waals surface area contributed by atoms with Crippen LogP contribution in [0.1, 0.15) is 11.8 Å². The molecule has 0 saturated heterocycles.